The number of allylic oxidation sites excluding steroid dienone is 1. The molecule has 86 valence electrons. The molecule has 0 aliphatic heterocycles. The van der Waals surface area contributed by atoms with E-state index in [0.29, 0.717) is 12.0 Å². The predicted octanol–water partition coefficient (Wildman–Crippen LogP) is 3.79. The van der Waals surface area contributed by atoms with E-state index in [-0.39, 0.29) is 11.6 Å². The third kappa shape index (κ3) is 3.18. The number of aromatic hydroxyl groups is 1. The fourth-order valence-electron chi connectivity index (χ4n) is 1.57. The summed E-state index contributed by atoms with van der Waals surface area (Å²) in [6, 6.07) is 13.6. The summed E-state index contributed by atoms with van der Waals surface area (Å²) in [6.45, 7) is 0. The van der Waals surface area contributed by atoms with E-state index in [1.54, 1.807) is 24.3 Å². The van der Waals surface area contributed by atoms with Crippen LogP contribution in [0.3, 0.4) is 0 Å². The maximum Gasteiger partial charge on any atom is 0.126 e. The molecule has 0 atom stereocenters. The topological polar surface area (TPSA) is 20.2 Å². The van der Waals surface area contributed by atoms with E-state index in [1.807, 2.05) is 30.4 Å². The van der Waals surface area contributed by atoms with E-state index in [2.05, 4.69) is 0 Å². The second kappa shape index (κ2) is 5.30. The smallest absolute Gasteiger partial charge is 0.126 e. The van der Waals surface area contributed by atoms with Crippen LogP contribution >= 0.6 is 0 Å². The van der Waals surface area contributed by atoms with Gasteiger partial charge >= 0.3 is 0 Å². The van der Waals surface area contributed by atoms with Gasteiger partial charge in [-0.2, -0.15) is 0 Å². The Hall–Kier alpha value is -2.09. The summed E-state index contributed by atoms with van der Waals surface area (Å²) < 4.78 is 13.3. The molecule has 2 rings (SSSR count). The quantitative estimate of drug-likeness (QED) is 0.847. The largest absolute Gasteiger partial charge is 0.508 e. The van der Waals surface area contributed by atoms with Gasteiger partial charge in [0.25, 0.3) is 0 Å². The Kier molecular flexibility index (Phi) is 3.55. The Bertz CT molecular complexity index is 515. The fraction of sp³-hybridized carbons (Fsp3) is 0.0667. The molecule has 2 aromatic carbocycles. The summed E-state index contributed by atoms with van der Waals surface area (Å²) in [6.07, 6.45) is 4.38. The first kappa shape index (κ1) is 11.4. The molecule has 2 heteroatoms. The molecular weight excluding hydrogens is 215 g/mol. The Labute approximate surface area is 99.9 Å². The van der Waals surface area contributed by atoms with Gasteiger partial charge in [0.05, 0.1) is 0 Å². The molecule has 0 fully saturated rings. The van der Waals surface area contributed by atoms with Crippen molar-refractivity contribution in [1.29, 1.82) is 0 Å². The van der Waals surface area contributed by atoms with Gasteiger partial charge in [0.15, 0.2) is 0 Å². The monoisotopic (exact) mass is 228 g/mol. The predicted molar refractivity (Wildman–Crippen MR) is 67.2 cm³/mol. The molecule has 1 N–H and O–H groups in total. The van der Waals surface area contributed by atoms with Crippen LogP contribution < -0.4 is 0 Å². The standard InChI is InChI=1S/C15H13FO/c16-15-7-2-1-5-13(15)6-3-4-12-8-10-14(17)11-9-12/h1-5,7-11,17H,6H2/b4-3+. The van der Waals surface area contributed by atoms with Crippen molar-refractivity contribution in [3.8, 4) is 5.75 Å². The highest BCUT2D eigenvalue weighted by molar-refractivity contribution is 5.50. The lowest BCUT2D eigenvalue weighted by atomic mass is 10.1. The van der Waals surface area contributed by atoms with E-state index >= 15 is 0 Å². The highest BCUT2D eigenvalue weighted by atomic mass is 19.1. The molecule has 17 heavy (non-hydrogen) atoms. The van der Waals surface area contributed by atoms with Gasteiger partial charge in [-0.25, -0.2) is 4.39 Å². The number of benzene rings is 2. The Balaban J connectivity index is 2.03. The van der Waals surface area contributed by atoms with Crippen molar-refractivity contribution in [2.75, 3.05) is 0 Å². The molecule has 0 heterocycles. The van der Waals surface area contributed by atoms with Crippen molar-refractivity contribution in [2.45, 2.75) is 6.42 Å². The molecule has 0 saturated carbocycles. The Morgan fingerprint density at radius 2 is 1.71 bits per heavy atom. The van der Waals surface area contributed by atoms with Crippen LogP contribution in [0.2, 0.25) is 0 Å². The summed E-state index contributed by atoms with van der Waals surface area (Å²) in [5.74, 6) is 0.0686. The highest BCUT2D eigenvalue weighted by Gasteiger charge is 1.96. The van der Waals surface area contributed by atoms with Crippen molar-refractivity contribution in [1.82, 2.24) is 0 Å². The van der Waals surface area contributed by atoms with Gasteiger partial charge < -0.3 is 5.11 Å². The van der Waals surface area contributed by atoms with Crippen LogP contribution in [-0.4, -0.2) is 5.11 Å². The number of hydrogen-bond acceptors (Lipinski definition) is 1. The first-order valence-electron chi connectivity index (χ1n) is 5.45. The van der Waals surface area contributed by atoms with E-state index in [4.69, 9.17) is 5.11 Å². The molecule has 0 aliphatic carbocycles. The maximum atomic E-state index is 13.3. The van der Waals surface area contributed by atoms with Gasteiger partial charge in [-0.3, -0.25) is 0 Å². The van der Waals surface area contributed by atoms with Crippen LogP contribution in [0.5, 0.6) is 5.75 Å². The number of phenols is 1. The van der Waals surface area contributed by atoms with Crippen LogP contribution in [0.4, 0.5) is 4.39 Å². The average Bonchev–Trinajstić information content (AvgIpc) is 2.34. The van der Waals surface area contributed by atoms with Crippen molar-refractivity contribution in [2.24, 2.45) is 0 Å². The molecule has 0 amide bonds. The fourth-order valence-corrected chi connectivity index (χ4v) is 1.57. The lowest BCUT2D eigenvalue weighted by molar-refractivity contribution is 0.475. The highest BCUT2D eigenvalue weighted by Crippen LogP contribution is 2.12. The van der Waals surface area contributed by atoms with E-state index in [0.717, 1.165) is 5.56 Å². The van der Waals surface area contributed by atoms with E-state index < -0.39 is 0 Å². The van der Waals surface area contributed by atoms with Gasteiger partial charge in [0.2, 0.25) is 0 Å². The first-order valence-corrected chi connectivity index (χ1v) is 5.45. The van der Waals surface area contributed by atoms with Crippen LogP contribution in [-0.2, 0) is 6.42 Å². The lowest BCUT2D eigenvalue weighted by Crippen LogP contribution is -1.86. The van der Waals surface area contributed by atoms with Crippen LogP contribution in [0.25, 0.3) is 6.08 Å². The van der Waals surface area contributed by atoms with Gasteiger partial charge in [-0.15, -0.1) is 0 Å². The second-order valence-corrected chi connectivity index (χ2v) is 3.79. The molecular formula is C15H13FO. The molecule has 1 nitrogen and oxygen atoms in total. The van der Waals surface area contributed by atoms with Gasteiger partial charge in [-0.05, 0) is 35.7 Å². The number of halogens is 1. The molecule has 0 radical (unpaired) electrons. The second-order valence-electron chi connectivity index (χ2n) is 3.79. The summed E-state index contributed by atoms with van der Waals surface area (Å²) in [5, 5.41) is 9.12. The third-order valence-corrected chi connectivity index (χ3v) is 2.50. The SMILES string of the molecule is Oc1ccc(/C=C/Cc2ccccc2F)cc1. The van der Waals surface area contributed by atoms with Crippen molar-refractivity contribution < 1.29 is 9.50 Å². The van der Waals surface area contributed by atoms with Crippen LogP contribution in [0, 0.1) is 5.82 Å². The number of hydrogen-bond donors (Lipinski definition) is 1. The normalized spacial score (nSPS) is 10.9. The number of phenolic OH excluding ortho intramolecular Hbond substituents is 1. The zero-order valence-corrected chi connectivity index (χ0v) is 9.31. The van der Waals surface area contributed by atoms with Crippen molar-refractivity contribution in [3.05, 3.63) is 71.6 Å². The summed E-state index contributed by atoms with van der Waals surface area (Å²) in [5.41, 5.74) is 1.67. The minimum atomic E-state index is -0.178. The van der Waals surface area contributed by atoms with Gasteiger partial charge in [0.1, 0.15) is 11.6 Å². The van der Waals surface area contributed by atoms with Crippen molar-refractivity contribution >= 4 is 6.08 Å². The first-order chi connectivity index (χ1) is 8.25. The van der Waals surface area contributed by atoms with Crippen molar-refractivity contribution in [3.63, 3.8) is 0 Å². The Morgan fingerprint density at radius 3 is 2.41 bits per heavy atom. The van der Waals surface area contributed by atoms with E-state index in [1.165, 1.54) is 6.07 Å². The minimum absolute atomic E-state index is 0.178. The third-order valence-electron chi connectivity index (χ3n) is 2.50. The average molecular weight is 228 g/mol. The number of rotatable bonds is 3. The van der Waals surface area contributed by atoms with Gasteiger partial charge in [0, 0.05) is 0 Å². The summed E-state index contributed by atoms with van der Waals surface area (Å²) >= 11 is 0. The maximum absolute atomic E-state index is 13.3. The zero-order valence-electron chi connectivity index (χ0n) is 9.31. The molecule has 0 spiro atoms. The van der Waals surface area contributed by atoms with Gasteiger partial charge in [-0.1, -0.05) is 42.5 Å². The summed E-state index contributed by atoms with van der Waals surface area (Å²) in [4.78, 5) is 0. The summed E-state index contributed by atoms with van der Waals surface area (Å²) in [7, 11) is 0. The van der Waals surface area contributed by atoms with Crippen LogP contribution in [0.15, 0.2) is 54.6 Å². The molecule has 0 saturated heterocycles. The minimum Gasteiger partial charge on any atom is -0.508 e. The molecule has 0 aromatic heterocycles. The Morgan fingerprint density at radius 1 is 1.00 bits per heavy atom. The molecule has 0 bridgehead atoms. The lowest BCUT2D eigenvalue weighted by Gasteiger charge is -1.98. The molecule has 2 aromatic rings. The zero-order chi connectivity index (χ0) is 12.1. The molecule has 0 unspecified atom stereocenters. The molecule has 0 aliphatic rings. The van der Waals surface area contributed by atoms with E-state index in [9.17, 15) is 4.39 Å². The van der Waals surface area contributed by atoms with Crippen LogP contribution in [0.1, 0.15) is 11.1 Å².